The van der Waals surface area contributed by atoms with Crippen LogP contribution in [0.4, 0.5) is 5.69 Å². The highest BCUT2D eigenvalue weighted by molar-refractivity contribution is 5.94. The second-order valence-electron chi connectivity index (χ2n) is 8.14. The Labute approximate surface area is 166 Å². The minimum absolute atomic E-state index is 0.151. The number of primary amides is 1. The van der Waals surface area contributed by atoms with Crippen molar-refractivity contribution in [3.05, 3.63) is 65.2 Å². The topological polar surface area (TPSA) is 66.6 Å². The molecule has 5 heteroatoms. The van der Waals surface area contributed by atoms with Crippen molar-refractivity contribution in [1.82, 2.24) is 4.90 Å². The Morgan fingerprint density at radius 3 is 2.39 bits per heavy atom. The van der Waals surface area contributed by atoms with Crippen LogP contribution in [0.15, 0.2) is 48.5 Å². The molecule has 2 aliphatic rings. The SMILES string of the molecule is Cc1cccc(C(=O)N2CC3CN(c4cccc(CCC(N)=O)c4)CC3C2)c1. The molecule has 28 heavy (non-hydrogen) atoms. The summed E-state index contributed by atoms with van der Waals surface area (Å²) in [4.78, 5) is 28.3. The minimum Gasteiger partial charge on any atom is -0.371 e. The first-order valence-corrected chi connectivity index (χ1v) is 9.98. The maximum atomic E-state index is 12.8. The number of carbonyl (C=O) groups excluding carboxylic acids is 2. The number of rotatable bonds is 5. The van der Waals surface area contributed by atoms with Gasteiger partial charge in [0.05, 0.1) is 0 Å². The number of likely N-dealkylation sites (tertiary alicyclic amines) is 1. The molecule has 2 aromatic carbocycles. The first-order chi connectivity index (χ1) is 13.5. The lowest BCUT2D eigenvalue weighted by Crippen LogP contribution is -2.33. The fourth-order valence-corrected chi connectivity index (χ4v) is 4.51. The fraction of sp³-hybridized carbons (Fsp3) is 0.391. The first kappa shape index (κ1) is 18.5. The van der Waals surface area contributed by atoms with Gasteiger partial charge in [0.2, 0.25) is 5.91 Å². The Hall–Kier alpha value is -2.82. The molecule has 0 aromatic heterocycles. The molecule has 2 unspecified atom stereocenters. The van der Waals surface area contributed by atoms with Crippen molar-refractivity contribution in [2.75, 3.05) is 31.1 Å². The Balaban J connectivity index is 1.38. The number of anilines is 1. The van der Waals surface area contributed by atoms with Crippen molar-refractivity contribution in [2.45, 2.75) is 19.8 Å². The molecule has 0 radical (unpaired) electrons. The number of nitrogens with zero attached hydrogens (tertiary/aromatic N) is 2. The Kier molecular flexibility index (Phi) is 5.07. The molecule has 2 aromatic rings. The van der Waals surface area contributed by atoms with E-state index >= 15 is 0 Å². The monoisotopic (exact) mass is 377 g/mol. The standard InChI is InChI=1S/C23H27N3O2/c1-16-4-2-6-18(10-16)23(28)26-14-19-12-25(13-20(19)15-26)21-7-3-5-17(11-21)8-9-22(24)27/h2-7,10-11,19-20H,8-9,12-15H2,1H3,(H2,24,27). The summed E-state index contributed by atoms with van der Waals surface area (Å²) < 4.78 is 0. The molecule has 2 heterocycles. The van der Waals surface area contributed by atoms with Gasteiger partial charge in [0.15, 0.2) is 0 Å². The highest BCUT2D eigenvalue weighted by Gasteiger charge is 2.41. The van der Waals surface area contributed by atoms with Gasteiger partial charge in [0, 0.05) is 55.7 Å². The second kappa shape index (κ2) is 7.66. The van der Waals surface area contributed by atoms with Gasteiger partial charge in [-0.3, -0.25) is 9.59 Å². The molecule has 0 bridgehead atoms. The van der Waals surface area contributed by atoms with E-state index in [-0.39, 0.29) is 11.8 Å². The van der Waals surface area contributed by atoms with Crippen LogP contribution in [0.1, 0.15) is 27.9 Å². The van der Waals surface area contributed by atoms with Crippen LogP contribution in [0.5, 0.6) is 0 Å². The van der Waals surface area contributed by atoms with Crippen LogP contribution in [0.25, 0.3) is 0 Å². The van der Waals surface area contributed by atoms with E-state index in [4.69, 9.17) is 5.73 Å². The van der Waals surface area contributed by atoms with Gasteiger partial charge in [0.1, 0.15) is 0 Å². The quantitative estimate of drug-likeness (QED) is 0.871. The van der Waals surface area contributed by atoms with Gasteiger partial charge in [-0.1, -0.05) is 29.8 Å². The lowest BCUT2D eigenvalue weighted by molar-refractivity contribution is -0.117. The maximum Gasteiger partial charge on any atom is 0.253 e. The van der Waals surface area contributed by atoms with Gasteiger partial charge in [-0.05, 0) is 43.2 Å². The van der Waals surface area contributed by atoms with Gasteiger partial charge >= 0.3 is 0 Å². The molecule has 2 atom stereocenters. The predicted octanol–water partition coefficient (Wildman–Crippen LogP) is 2.62. The fourth-order valence-electron chi connectivity index (χ4n) is 4.51. The lowest BCUT2D eigenvalue weighted by Gasteiger charge is -2.24. The van der Waals surface area contributed by atoms with E-state index < -0.39 is 0 Å². The Morgan fingerprint density at radius 2 is 1.71 bits per heavy atom. The van der Waals surface area contributed by atoms with Crippen LogP contribution in [0.3, 0.4) is 0 Å². The number of hydrogen-bond donors (Lipinski definition) is 1. The zero-order valence-corrected chi connectivity index (χ0v) is 16.3. The average molecular weight is 377 g/mol. The number of hydrogen-bond acceptors (Lipinski definition) is 3. The number of benzene rings is 2. The Bertz CT molecular complexity index is 881. The van der Waals surface area contributed by atoms with Crippen molar-refractivity contribution in [3.8, 4) is 0 Å². The molecule has 0 aliphatic carbocycles. The third-order valence-electron chi connectivity index (χ3n) is 5.97. The van der Waals surface area contributed by atoms with Crippen LogP contribution in [0, 0.1) is 18.8 Å². The molecule has 2 saturated heterocycles. The van der Waals surface area contributed by atoms with Crippen molar-refractivity contribution in [3.63, 3.8) is 0 Å². The maximum absolute atomic E-state index is 12.8. The largest absolute Gasteiger partial charge is 0.371 e. The van der Waals surface area contributed by atoms with Gasteiger partial charge in [-0.15, -0.1) is 0 Å². The van der Waals surface area contributed by atoms with E-state index in [1.165, 1.54) is 5.69 Å². The van der Waals surface area contributed by atoms with Gasteiger partial charge in [-0.2, -0.15) is 0 Å². The molecular formula is C23H27N3O2. The predicted molar refractivity (Wildman–Crippen MR) is 110 cm³/mol. The van der Waals surface area contributed by atoms with E-state index in [0.29, 0.717) is 24.7 Å². The zero-order chi connectivity index (χ0) is 19.7. The smallest absolute Gasteiger partial charge is 0.253 e. The minimum atomic E-state index is -0.264. The highest BCUT2D eigenvalue weighted by Crippen LogP contribution is 2.35. The van der Waals surface area contributed by atoms with Gasteiger partial charge < -0.3 is 15.5 Å². The number of carbonyl (C=O) groups is 2. The molecule has 2 amide bonds. The van der Waals surface area contributed by atoms with Crippen molar-refractivity contribution in [2.24, 2.45) is 17.6 Å². The summed E-state index contributed by atoms with van der Waals surface area (Å²) in [5.74, 6) is 0.920. The summed E-state index contributed by atoms with van der Waals surface area (Å²) in [6.45, 7) is 5.62. The lowest BCUT2D eigenvalue weighted by atomic mass is 10.0. The van der Waals surface area contributed by atoms with Crippen LogP contribution in [0.2, 0.25) is 0 Å². The molecule has 2 aliphatic heterocycles. The average Bonchev–Trinajstić information content (AvgIpc) is 3.25. The van der Waals surface area contributed by atoms with Crippen molar-refractivity contribution >= 4 is 17.5 Å². The molecule has 2 N–H and O–H groups in total. The molecule has 146 valence electrons. The van der Waals surface area contributed by atoms with Crippen LogP contribution >= 0.6 is 0 Å². The number of fused-ring (bicyclic) bond motifs is 1. The molecule has 5 nitrogen and oxygen atoms in total. The number of aryl methyl sites for hydroxylation is 2. The van der Waals surface area contributed by atoms with Crippen LogP contribution in [-0.4, -0.2) is 42.9 Å². The molecule has 2 fully saturated rings. The first-order valence-electron chi connectivity index (χ1n) is 9.98. The molecule has 4 rings (SSSR count). The molecular weight excluding hydrogens is 350 g/mol. The van der Waals surface area contributed by atoms with Crippen LogP contribution in [-0.2, 0) is 11.2 Å². The number of amides is 2. The summed E-state index contributed by atoms with van der Waals surface area (Å²) >= 11 is 0. The second-order valence-corrected chi connectivity index (χ2v) is 8.14. The van der Waals surface area contributed by atoms with Gasteiger partial charge in [0.25, 0.3) is 5.91 Å². The normalized spacial score (nSPS) is 21.0. The van der Waals surface area contributed by atoms with Gasteiger partial charge in [-0.25, -0.2) is 0 Å². The van der Waals surface area contributed by atoms with E-state index in [2.05, 4.69) is 17.0 Å². The van der Waals surface area contributed by atoms with Crippen LogP contribution < -0.4 is 10.6 Å². The molecule has 0 spiro atoms. The summed E-state index contributed by atoms with van der Waals surface area (Å²) in [5, 5.41) is 0. The zero-order valence-electron chi connectivity index (χ0n) is 16.3. The van der Waals surface area contributed by atoms with E-state index in [1.54, 1.807) is 0 Å². The highest BCUT2D eigenvalue weighted by atomic mass is 16.2. The third-order valence-corrected chi connectivity index (χ3v) is 5.97. The summed E-state index contributed by atoms with van der Waals surface area (Å²) in [6, 6.07) is 16.2. The summed E-state index contributed by atoms with van der Waals surface area (Å²) in [6.07, 6.45) is 1.06. The van der Waals surface area contributed by atoms with E-state index in [1.807, 2.05) is 48.2 Å². The molecule has 0 saturated carbocycles. The summed E-state index contributed by atoms with van der Waals surface area (Å²) in [7, 11) is 0. The third kappa shape index (κ3) is 3.88. The number of nitrogens with two attached hydrogens (primary N) is 1. The van der Waals surface area contributed by atoms with Crippen molar-refractivity contribution < 1.29 is 9.59 Å². The van der Waals surface area contributed by atoms with E-state index in [0.717, 1.165) is 42.9 Å². The Morgan fingerprint density at radius 1 is 1.00 bits per heavy atom. The van der Waals surface area contributed by atoms with Crippen molar-refractivity contribution in [1.29, 1.82) is 0 Å². The summed E-state index contributed by atoms with van der Waals surface area (Å²) in [5.41, 5.74) is 9.52. The van der Waals surface area contributed by atoms with E-state index in [9.17, 15) is 9.59 Å².